The third-order valence-electron chi connectivity index (χ3n) is 1.68. The SMILES string of the molecule is COc1ccc2[nH]c(N)cc2n1. The summed E-state index contributed by atoms with van der Waals surface area (Å²) in [6, 6.07) is 5.45. The second-order valence-corrected chi connectivity index (χ2v) is 2.51. The van der Waals surface area contributed by atoms with Gasteiger partial charge in [0.1, 0.15) is 5.82 Å². The minimum absolute atomic E-state index is 0.599. The zero-order chi connectivity index (χ0) is 8.55. The van der Waals surface area contributed by atoms with Gasteiger partial charge in [0.15, 0.2) is 0 Å². The summed E-state index contributed by atoms with van der Waals surface area (Å²) in [7, 11) is 1.59. The molecule has 0 amide bonds. The molecule has 0 saturated carbocycles. The number of hydrogen-bond acceptors (Lipinski definition) is 3. The number of rotatable bonds is 1. The van der Waals surface area contributed by atoms with E-state index in [9.17, 15) is 0 Å². The van der Waals surface area contributed by atoms with Crippen LogP contribution < -0.4 is 10.5 Å². The molecule has 0 aliphatic rings. The van der Waals surface area contributed by atoms with E-state index in [1.54, 1.807) is 19.2 Å². The number of nitrogens with zero attached hydrogens (tertiary/aromatic N) is 1. The van der Waals surface area contributed by atoms with E-state index in [-0.39, 0.29) is 0 Å². The number of aromatic amines is 1. The smallest absolute Gasteiger partial charge is 0.213 e. The van der Waals surface area contributed by atoms with Crippen molar-refractivity contribution in [3.05, 3.63) is 18.2 Å². The van der Waals surface area contributed by atoms with E-state index in [0.29, 0.717) is 11.7 Å². The minimum Gasteiger partial charge on any atom is -0.481 e. The molecule has 0 fully saturated rings. The highest BCUT2D eigenvalue weighted by atomic mass is 16.5. The van der Waals surface area contributed by atoms with Gasteiger partial charge in [0.25, 0.3) is 0 Å². The highest BCUT2D eigenvalue weighted by Crippen LogP contribution is 2.17. The number of fused-ring (bicyclic) bond motifs is 1. The zero-order valence-corrected chi connectivity index (χ0v) is 6.66. The van der Waals surface area contributed by atoms with Gasteiger partial charge in [-0.1, -0.05) is 0 Å². The first kappa shape index (κ1) is 6.97. The quantitative estimate of drug-likeness (QED) is 0.662. The van der Waals surface area contributed by atoms with Crippen molar-refractivity contribution in [3.63, 3.8) is 0 Å². The van der Waals surface area contributed by atoms with Crippen LogP contribution in [-0.2, 0) is 0 Å². The molecule has 0 atom stereocenters. The maximum atomic E-state index is 5.55. The summed E-state index contributed by atoms with van der Waals surface area (Å²) in [5.74, 6) is 1.22. The Morgan fingerprint density at radius 1 is 1.50 bits per heavy atom. The molecule has 0 aliphatic heterocycles. The Kier molecular flexibility index (Phi) is 1.40. The van der Waals surface area contributed by atoms with Crippen molar-refractivity contribution >= 4 is 16.9 Å². The van der Waals surface area contributed by atoms with Gasteiger partial charge in [0.2, 0.25) is 5.88 Å². The van der Waals surface area contributed by atoms with Crippen LogP contribution in [-0.4, -0.2) is 17.1 Å². The van der Waals surface area contributed by atoms with E-state index in [0.717, 1.165) is 11.0 Å². The maximum Gasteiger partial charge on any atom is 0.213 e. The number of pyridine rings is 1. The molecule has 0 bridgehead atoms. The fraction of sp³-hybridized carbons (Fsp3) is 0.125. The van der Waals surface area contributed by atoms with Gasteiger partial charge in [-0.15, -0.1) is 0 Å². The third-order valence-corrected chi connectivity index (χ3v) is 1.68. The van der Waals surface area contributed by atoms with Crippen LogP contribution in [0.1, 0.15) is 0 Å². The molecule has 0 radical (unpaired) electrons. The van der Waals surface area contributed by atoms with E-state index < -0.39 is 0 Å². The largest absolute Gasteiger partial charge is 0.481 e. The maximum absolute atomic E-state index is 5.55. The van der Waals surface area contributed by atoms with Crippen molar-refractivity contribution in [2.24, 2.45) is 0 Å². The molecule has 4 nitrogen and oxygen atoms in total. The second-order valence-electron chi connectivity index (χ2n) is 2.51. The number of ether oxygens (including phenoxy) is 1. The van der Waals surface area contributed by atoms with Crippen LogP contribution in [0.2, 0.25) is 0 Å². The van der Waals surface area contributed by atoms with Crippen LogP contribution in [0, 0.1) is 0 Å². The molecular weight excluding hydrogens is 154 g/mol. The number of nitrogen functional groups attached to an aromatic ring is 1. The lowest BCUT2D eigenvalue weighted by atomic mass is 10.4. The predicted molar refractivity (Wildman–Crippen MR) is 47.1 cm³/mol. The standard InChI is InChI=1S/C8H9N3O/c1-12-8-3-2-5-6(11-8)4-7(9)10-5/h2-4,10H,9H2,1H3. The first-order valence-corrected chi connectivity index (χ1v) is 3.59. The Morgan fingerprint density at radius 3 is 3.08 bits per heavy atom. The Morgan fingerprint density at radius 2 is 2.33 bits per heavy atom. The Balaban J connectivity index is 2.66. The lowest BCUT2D eigenvalue weighted by molar-refractivity contribution is 0.399. The van der Waals surface area contributed by atoms with Gasteiger partial charge in [0, 0.05) is 12.1 Å². The number of H-pyrrole nitrogens is 1. The molecule has 62 valence electrons. The Hall–Kier alpha value is -1.71. The summed E-state index contributed by atoms with van der Waals surface area (Å²) in [5.41, 5.74) is 7.30. The van der Waals surface area contributed by atoms with Crippen LogP contribution in [0.3, 0.4) is 0 Å². The molecule has 0 spiro atoms. The number of hydrogen-bond donors (Lipinski definition) is 2. The Bertz CT molecular complexity index is 408. The number of nitrogens with two attached hydrogens (primary N) is 1. The fourth-order valence-corrected chi connectivity index (χ4v) is 1.12. The van der Waals surface area contributed by atoms with Gasteiger partial charge in [-0.2, -0.15) is 0 Å². The highest BCUT2D eigenvalue weighted by Gasteiger charge is 1.99. The van der Waals surface area contributed by atoms with Gasteiger partial charge in [-0.05, 0) is 6.07 Å². The molecule has 0 aromatic carbocycles. The molecule has 4 heteroatoms. The highest BCUT2D eigenvalue weighted by molar-refractivity contribution is 5.79. The third kappa shape index (κ3) is 0.972. The van der Waals surface area contributed by atoms with Crippen LogP contribution in [0.15, 0.2) is 18.2 Å². The first-order chi connectivity index (χ1) is 5.79. The molecule has 2 rings (SSSR count). The van der Waals surface area contributed by atoms with Gasteiger partial charge in [-0.3, -0.25) is 0 Å². The molecule has 3 N–H and O–H groups in total. The van der Waals surface area contributed by atoms with Crippen molar-refractivity contribution in [1.29, 1.82) is 0 Å². The number of nitrogens with one attached hydrogen (secondary N) is 1. The molecule has 2 aromatic heterocycles. The van der Waals surface area contributed by atoms with Gasteiger partial charge >= 0.3 is 0 Å². The summed E-state index contributed by atoms with van der Waals surface area (Å²) >= 11 is 0. The van der Waals surface area contributed by atoms with E-state index in [1.807, 2.05) is 6.07 Å². The monoisotopic (exact) mass is 163 g/mol. The van der Waals surface area contributed by atoms with Crippen molar-refractivity contribution in [1.82, 2.24) is 9.97 Å². The molecule has 0 saturated heterocycles. The van der Waals surface area contributed by atoms with E-state index in [2.05, 4.69) is 9.97 Å². The Labute approximate surface area is 69.4 Å². The molecule has 2 aromatic rings. The van der Waals surface area contributed by atoms with Gasteiger partial charge in [0.05, 0.1) is 18.1 Å². The lowest BCUT2D eigenvalue weighted by Gasteiger charge is -1.95. The predicted octanol–water partition coefficient (Wildman–Crippen LogP) is 1.15. The number of aromatic nitrogens is 2. The summed E-state index contributed by atoms with van der Waals surface area (Å²) in [6.07, 6.45) is 0. The van der Waals surface area contributed by atoms with Crippen molar-refractivity contribution in [2.45, 2.75) is 0 Å². The molecular formula is C8H9N3O. The normalized spacial score (nSPS) is 10.4. The van der Waals surface area contributed by atoms with Gasteiger partial charge < -0.3 is 15.5 Å². The average Bonchev–Trinajstić information content (AvgIpc) is 2.43. The minimum atomic E-state index is 0.599. The zero-order valence-electron chi connectivity index (χ0n) is 6.66. The fourth-order valence-electron chi connectivity index (χ4n) is 1.12. The van der Waals surface area contributed by atoms with Crippen molar-refractivity contribution < 1.29 is 4.74 Å². The number of anilines is 1. The summed E-state index contributed by atoms with van der Waals surface area (Å²) < 4.78 is 4.97. The summed E-state index contributed by atoms with van der Waals surface area (Å²) in [5, 5.41) is 0. The van der Waals surface area contributed by atoms with E-state index >= 15 is 0 Å². The van der Waals surface area contributed by atoms with E-state index in [4.69, 9.17) is 10.5 Å². The van der Waals surface area contributed by atoms with Crippen LogP contribution in [0.5, 0.6) is 5.88 Å². The summed E-state index contributed by atoms with van der Waals surface area (Å²) in [4.78, 5) is 7.15. The molecule has 0 unspecified atom stereocenters. The van der Waals surface area contributed by atoms with E-state index in [1.165, 1.54) is 0 Å². The molecule has 0 aliphatic carbocycles. The molecule has 2 heterocycles. The second kappa shape index (κ2) is 2.41. The van der Waals surface area contributed by atoms with Crippen molar-refractivity contribution in [3.8, 4) is 5.88 Å². The molecule has 12 heavy (non-hydrogen) atoms. The number of methoxy groups -OCH3 is 1. The topological polar surface area (TPSA) is 63.9 Å². The van der Waals surface area contributed by atoms with Crippen LogP contribution >= 0.6 is 0 Å². The lowest BCUT2D eigenvalue weighted by Crippen LogP contribution is -1.85. The van der Waals surface area contributed by atoms with Crippen LogP contribution in [0.4, 0.5) is 5.82 Å². The van der Waals surface area contributed by atoms with Crippen molar-refractivity contribution in [2.75, 3.05) is 12.8 Å². The average molecular weight is 163 g/mol. The summed E-state index contributed by atoms with van der Waals surface area (Å²) in [6.45, 7) is 0. The first-order valence-electron chi connectivity index (χ1n) is 3.59. The van der Waals surface area contributed by atoms with Gasteiger partial charge in [-0.25, -0.2) is 4.98 Å². The van der Waals surface area contributed by atoms with Crippen LogP contribution in [0.25, 0.3) is 11.0 Å².